The molecule has 7 nitrogen and oxygen atoms in total. The van der Waals surface area contributed by atoms with Crippen LogP contribution in [-0.2, 0) is 11.3 Å². The first-order valence-electron chi connectivity index (χ1n) is 9.57. The highest BCUT2D eigenvalue weighted by Crippen LogP contribution is 2.24. The van der Waals surface area contributed by atoms with Gasteiger partial charge in [0.05, 0.1) is 20.3 Å². The van der Waals surface area contributed by atoms with E-state index in [0.29, 0.717) is 11.4 Å². The number of methoxy groups -OCH3 is 1. The first-order chi connectivity index (χ1) is 15.2. The molecule has 10 heteroatoms. The van der Waals surface area contributed by atoms with Crippen LogP contribution in [0.25, 0.3) is 0 Å². The summed E-state index contributed by atoms with van der Waals surface area (Å²) in [6, 6.07) is 6.78. The summed E-state index contributed by atoms with van der Waals surface area (Å²) in [6.45, 7) is 3.20. The van der Waals surface area contributed by atoms with Gasteiger partial charge in [-0.2, -0.15) is 4.98 Å². The number of ether oxygens (including phenoxy) is 2. The van der Waals surface area contributed by atoms with Gasteiger partial charge in [0.2, 0.25) is 5.95 Å². The summed E-state index contributed by atoms with van der Waals surface area (Å²) in [4.78, 5) is 28.5. The Bertz CT molecular complexity index is 1200. The molecule has 1 N–H and O–H groups in total. The molecule has 0 saturated heterocycles. The molecule has 32 heavy (non-hydrogen) atoms. The van der Waals surface area contributed by atoms with Crippen LogP contribution >= 0.6 is 0 Å². The number of benzene rings is 2. The quantitative estimate of drug-likeness (QED) is 0.436. The number of nitrogens with one attached hydrogen (secondary N) is 1. The highest BCUT2D eigenvalue weighted by Gasteiger charge is 2.18. The van der Waals surface area contributed by atoms with Gasteiger partial charge in [0, 0.05) is 11.9 Å². The van der Waals surface area contributed by atoms with Crippen molar-refractivity contribution in [3.63, 3.8) is 0 Å². The molecule has 0 aliphatic rings. The fraction of sp³-hybridized carbons (Fsp3) is 0.227. The molecule has 1 aromatic heterocycles. The standard InChI is InChI=1S/C22H20F3N3O4/c1-4-32-21(30)15-11-28(10-13-8-16(23)19(25)17(24)9-13)22(27-20(15)29)26-18-6-5-14(31-3)7-12(18)2/h5-9,11H,4,10H2,1-3H3,(H,26,27,29). The Morgan fingerprint density at radius 3 is 2.44 bits per heavy atom. The third-order valence-electron chi connectivity index (χ3n) is 4.57. The smallest absolute Gasteiger partial charge is 0.345 e. The van der Waals surface area contributed by atoms with E-state index in [9.17, 15) is 22.8 Å². The van der Waals surface area contributed by atoms with E-state index in [4.69, 9.17) is 9.47 Å². The van der Waals surface area contributed by atoms with Crippen molar-refractivity contribution >= 4 is 17.6 Å². The molecule has 2 aromatic carbocycles. The van der Waals surface area contributed by atoms with Crippen molar-refractivity contribution in [3.05, 3.63) is 81.0 Å². The third kappa shape index (κ3) is 4.90. The molecular weight excluding hydrogens is 427 g/mol. The molecular formula is C22H20F3N3O4. The maximum absolute atomic E-state index is 13.7. The number of nitrogens with zero attached hydrogens (tertiary/aromatic N) is 2. The molecule has 168 valence electrons. The molecule has 0 saturated carbocycles. The van der Waals surface area contributed by atoms with Gasteiger partial charge in [0.15, 0.2) is 17.5 Å². The summed E-state index contributed by atoms with van der Waals surface area (Å²) in [7, 11) is 1.52. The van der Waals surface area contributed by atoms with E-state index in [1.165, 1.54) is 17.9 Å². The van der Waals surface area contributed by atoms with Crippen LogP contribution in [0.2, 0.25) is 0 Å². The molecule has 0 bridgehead atoms. The maximum atomic E-state index is 13.7. The van der Waals surface area contributed by atoms with Gasteiger partial charge in [-0.05, 0) is 55.3 Å². The lowest BCUT2D eigenvalue weighted by Crippen LogP contribution is -2.25. The summed E-state index contributed by atoms with van der Waals surface area (Å²) in [6.07, 6.45) is 1.17. The Kier molecular flexibility index (Phi) is 6.82. The minimum atomic E-state index is -1.59. The number of rotatable bonds is 7. The van der Waals surface area contributed by atoms with E-state index in [-0.39, 0.29) is 30.2 Å². The SMILES string of the molecule is CCOC(=O)c1cn(Cc2cc(F)c(F)c(F)c2)c(Nc2ccc(OC)cc2C)nc1=O. The predicted molar refractivity (Wildman–Crippen MR) is 111 cm³/mol. The normalized spacial score (nSPS) is 10.7. The summed E-state index contributed by atoms with van der Waals surface area (Å²) < 4.78 is 52.1. The molecule has 0 fully saturated rings. The fourth-order valence-corrected chi connectivity index (χ4v) is 2.98. The Morgan fingerprint density at radius 2 is 1.84 bits per heavy atom. The van der Waals surface area contributed by atoms with E-state index >= 15 is 0 Å². The Morgan fingerprint density at radius 1 is 1.16 bits per heavy atom. The zero-order chi connectivity index (χ0) is 23.4. The van der Waals surface area contributed by atoms with E-state index in [2.05, 4.69) is 10.3 Å². The summed E-state index contributed by atoms with van der Waals surface area (Å²) in [5, 5.41) is 2.97. The summed E-state index contributed by atoms with van der Waals surface area (Å²) in [5.41, 5.74) is 0.193. The number of carbonyl (C=O) groups excluding carboxylic acids is 1. The molecule has 0 atom stereocenters. The van der Waals surface area contributed by atoms with Crippen molar-refractivity contribution in [2.45, 2.75) is 20.4 Å². The van der Waals surface area contributed by atoms with Crippen molar-refractivity contribution in [2.24, 2.45) is 0 Å². The minimum Gasteiger partial charge on any atom is -0.497 e. The molecule has 0 unspecified atom stereocenters. The second-order valence-corrected chi connectivity index (χ2v) is 6.81. The molecule has 0 spiro atoms. The number of hydrogen-bond donors (Lipinski definition) is 1. The molecule has 0 aliphatic carbocycles. The first kappa shape index (κ1) is 22.9. The van der Waals surface area contributed by atoms with Gasteiger partial charge in [-0.25, -0.2) is 18.0 Å². The van der Waals surface area contributed by atoms with Crippen molar-refractivity contribution in [2.75, 3.05) is 19.0 Å². The molecule has 3 rings (SSSR count). The Hall–Kier alpha value is -3.82. The Balaban J connectivity index is 2.08. The zero-order valence-corrected chi connectivity index (χ0v) is 17.5. The number of aryl methyl sites for hydroxylation is 1. The number of halogens is 3. The van der Waals surface area contributed by atoms with E-state index in [1.54, 1.807) is 32.0 Å². The fourth-order valence-electron chi connectivity index (χ4n) is 2.98. The largest absolute Gasteiger partial charge is 0.497 e. The molecule has 3 aromatic rings. The van der Waals surface area contributed by atoms with Gasteiger partial charge < -0.3 is 19.4 Å². The summed E-state index contributed by atoms with van der Waals surface area (Å²) in [5.74, 6) is -4.58. The van der Waals surface area contributed by atoms with Gasteiger partial charge in [0.25, 0.3) is 5.56 Å². The molecule has 0 aliphatic heterocycles. The number of aromatic nitrogens is 2. The Labute approximate surface area is 181 Å². The third-order valence-corrected chi connectivity index (χ3v) is 4.57. The van der Waals surface area contributed by atoms with Crippen LogP contribution in [0.5, 0.6) is 5.75 Å². The number of anilines is 2. The lowest BCUT2D eigenvalue weighted by molar-refractivity contribution is 0.0523. The van der Waals surface area contributed by atoms with Crippen LogP contribution in [0.1, 0.15) is 28.4 Å². The second kappa shape index (κ2) is 9.54. The van der Waals surface area contributed by atoms with Crippen molar-refractivity contribution < 1.29 is 27.4 Å². The van der Waals surface area contributed by atoms with Gasteiger partial charge in [-0.3, -0.25) is 4.79 Å². The van der Waals surface area contributed by atoms with Crippen molar-refractivity contribution in [1.82, 2.24) is 9.55 Å². The topological polar surface area (TPSA) is 82.4 Å². The number of carbonyl (C=O) groups is 1. The van der Waals surface area contributed by atoms with Crippen LogP contribution < -0.4 is 15.6 Å². The monoisotopic (exact) mass is 447 g/mol. The maximum Gasteiger partial charge on any atom is 0.345 e. The highest BCUT2D eigenvalue weighted by molar-refractivity contribution is 5.88. The van der Waals surface area contributed by atoms with Gasteiger partial charge >= 0.3 is 5.97 Å². The zero-order valence-electron chi connectivity index (χ0n) is 17.5. The van der Waals surface area contributed by atoms with Crippen LogP contribution in [-0.4, -0.2) is 29.2 Å². The van der Waals surface area contributed by atoms with E-state index < -0.39 is 29.0 Å². The van der Waals surface area contributed by atoms with Gasteiger partial charge in [-0.1, -0.05) is 0 Å². The van der Waals surface area contributed by atoms with Crippen LogP contribution in [0, 0.1) is 24.4 Å². The van der Waals surface area contributed by atoms with Gasteiger partial charge in [-0.15, -0.1) is 0 Å². The number of hydrogen-bond acceptors (Lipinski definition) is 6. The van der Waals surface area contributed by atoms with Crippen LogP contribution in [0.15, 0.2) is 41.3 Å². The molecule has 1 heterocycles. The lowest BCUT2D eigenvalue weighted by Gasteiger charge is -2.17. The first-order valence-corrected chi connectivity index (χ1v) is 9.57. The van der Waals surface area contributed by atoms with Gasteiger partial charge in [0.1, 0.15) is 11.3 Å². The second-order valence-electron chi connectivity index (χ2n) is 6.81. The average molecular weight is 447 g/mol. The lowest BCUT2D eigenvalue weighted by atomic mass is 10.2. The molecule has 0 amide bonds. The van der Waals surface area contributed by atoms with Crippen molar-refractivity contribution in [3.8, 4) is 5.75 Å². The van der Waals surface area contributed by atoms with Crippen LogP contribution in [0.3, 0.4) is 0 Å². The average Bonchev–Trinajstić information content (AvgIpc) is 2.75. The van der Waals surface area contributed by atoms with Crippen molar-refractivity contribution in [1.29, 1.82) is 0 Å². The van der Waals surface area contributed by atoms with E-state index in [0.717, 1.165) is 17.7 Å². The predicted octanol–water partition coefficient (Wildman–Crippen LogP) is 3.95. The summed E-state index contributed by atoms with van der Waals surface area (Å²) >= 11 is 0. The molecule has 0 radical (unpaired) electrons. The van der Waals surface area contributed by atoms with E-state index in [1.807, 2.05) is 0 Å². The highest BCUT2D eigenvalue weighted by atomic mass is 19.2. The van der Waals surface area contributed by atoms with Crippen LogP contribution in [0.4, 0.5) is 24.8 Å². The minimum absolute atomic E-state index is 0.00135. The number of esters is 1.